The zero-order chi connectivity index (χ0) is 22.9. The molecule has 0 aliphatic rings. The molecule has 0 saturated heterocycles. The van der Waals surface area contributed by atoms with Crippen LogP contribution >= 0.6 is 31.9 Å². The average Bonchev–Trinajstić information content (AvgIpc) is 3.38. The van der Waals surface area contributed by atoms with E-state index in [0.29, 0.717) is 12.1 Å². The van der Waals surface area contributed by atoms with Crippen molar-refractivity contribution in [2.45, 2.75) is 6.54 Å². The lowest BCUT2D eigenvalue weighted by molar-refractivity contribution is 0.0929. The first-order chi connectivity index (χ1) is 16.0. The molecule has 0 unspecified atom stereocenters. The summed E-state index contributed by atoms with van der Waals surface area (Å²) in [7, 11) is 0. The largest absolute Gasteiger partial charge is 0.450 e. The van der Waals surface area contributed by atoms with E-state index in [1.54, 1.807) is 24.4 Å². The van der Waals surface area contributed by atoms with E-state index in [-0.39, 0.29) is 11.6 Å². The number of para-hydroxylation sites is 1. The van der Waals surface area contributed by atoms with E-state index < -0.39 is 5.91 Å². The number of nitrogens with one attached hydrogen (secondary N) is 1. The maximum absolute atomic E-state index is 13.2. The summed E-state index contributed by atoms with van der Waals surface area (Å²) in [6, 6.07) is 19.8. The maximum atomic E-state index is 13.2. The number of benzene rings is 3. The minimum atomic E-state index is -0.444. The third-order valence-corrected chi connectivity index (χ3v) is 6.26. The fourth-order valence-corrected chi connectivity index (χ4v) is 5.04. The molecule has 0 aliphatic carbocycles. The van der Waals surface area contributed by atoms with E-state index in [0.717, 1.165) is 36.4 Å². The number of hydrogen-bond acceptors (Lipinski definition) is 3. The number of fused-ring (bicyclic) bond motifs is 2. The van der Waals surface area contributed by atoms with Crippen molar-refractivity contribution in [1.29, 1.82) is 0 Å². The van der Waals surface area contributed by atoms with Gasteiger partial charge >= 0.3 is 5.91 Å². The van der Waals surface area contributed by atoms with Gasteiger partial charge in [0.25, 0.3) is 0 Å². The van der Waals surface area contributed by atoms with Crippen LogP contribution in [0, 0.1) is 5.82 Å². The molecule has 0 spiro atoms. The highest BCUT2D eigenvalue weighted by molar-refractivity contribution is 9.11. The van der Waals surface area contributed by atoms with E-state index in [2.05, 4.69) is 47.0 Å². The van der Waals surface area contributed by atoms with Crippen molar-refractivity contribution in [3.8, 4) is 0 Å². The first-order valence-corrected chi connectivity index (χ1v) is 11.6. The number of nitrogens with zero attached hydrogens (tertiary/aromatic N) is 2. The first-order valence-electron chi connectivity index (χ1n) is 10.0. The number of carbonyl (C=O) groups is 1. The lowest BCUT2D eigenvalue weighted by Gasteiger charge is -2.05. The predicted octanol–water partition coefficient (Wildman–Crippen LogP) is 6.86. The second kappa shape index (κ2) is 8.96. The summed E-state index contributed by atoms with van der Waals surface area (Å²) in [6.45, 7) is 0.588. The van der Waals surface area contributed by atoms with Crippen LogP contribution in [0.4, 0.5) is 4.39 Å². The Morgan fingerprint density at radius 2 is 1.88 bits per heavy atom. The smallest absolute Gasteiger partial charge is 0.307 e. The molecule has 0 bridgehead atoms. The molecule has 0 aliphatic heterocycles. The Kier molecular flexibility index (Phi) is 5.86. The van der Waals surface area contributed by atoms with Gasteiger partial charge in [-0.1, -0.05) is 46.3 Å². The van der Waals surface area contributed by atoms with Crippen LogP contribution in [-0.4, -0.2) is 16.7 Å². The number of halogens is 3. The van der Waals surface area contributed by atoms with Gasteiger partial charge in [-0.2, -0.15) is 5.10 Å². The highest BCUT2D eigenvalue weighted by Crippen LogP contribution is 2.31. The predicted molar refractivity (Wildman–Crippen MR) is 134 cm³/mol. The lowest BCUT2D eigenvalue weighted by Crippen LogP contribution is -2.16. The van der Waals surface area contributed by atoms with Gasteiger partial charge in [-0.25, -0.2) is 9.82 Å². The summed E-state index contributed by atoms with van der Waals surface area (Å²) in [6.07, 6.45) is 3.57. The van der Waals surface area contributed by atoms with Crippen LogP contribution in [0.3, 0.4) is 0 Å². The average molecular weight is 569 g/mol. The Hall–Kier alpha value is -3.23. The minimum Gasteiger partial charge on any atom is -0.450 e. The standard InChI is InChI=1S/C25H16Br2FN3O2/c26-18-9-16-10-23(33-24(16)21(27)11-18)25(32)30-29-12-17-14-31(22-4-2-1-3-20(17)22)13-15-5-7-19(28)8-6-15/h1-12,14H,13H2,(H,30,32)/b29-12-. The van der Waals surface area contributed by atoms with Crippen molar-refractivity contribution in [1.82, 2.24) is 9.99 Å². The molecule has 2 aromatic heterocycles. The van der Waals surface area contributed by atoms with Gasteiger partial charge in [-0.05, 0) is 57.9 Å². The third kappa shape index (κ3) is 4.49. The van der Waals surface area contributed by atoms with Gasteiger partial charge < -0.3 is 8.98 Å². The summed E-state index contributed by atoms with van der Waals surface area (Å²) in [5.74, 6) is -0.538. The second-order valence-electron chi connectivity index (χ2n) is 7.47. The molecule has 1 N–H and O–H groups in total. The summed E-state index contributed by atoms with van der Waals surface area (Å²) in [4.78, 5) is 12.6. The van der Waals surface area contributed by atoms with Crippen LogP contribution in [0.2, 0.25) is 0 Å². The fourth-order valence-electron chi connectivity index (χ4n) is 3.70. The van der Waals surface area contributed by atoms with Gasteiger partial charge in [0, 0.05) is 39.1 Å². The van der Waals surface area contributed by atoms with E-state index in [4.69, 9.17) is 4.42 Å². The monoisotopic (exact) mass is 567 g/mol. The molecular weight excluding hydrogens is 553 g/mol. The van der Waals surface area contributed by atoms with Crippen LogP contribution < -0.4 is 5.43 Å². The third-order valence-electron chi connectivity index (χ3n) is 5.21. The molecule has 5 aromatic rings. The number of amides is 1. The highest BCUT2D eigenvalue weighted by Gasteiger charge is 2.14. The van der Waals surface area contributed by atoms with Crippen LogP contribution in [-0.2, 0) is 6.54 Å². The van der Waals surface area contributed by atoms with Gasteiger partial charge in [-0.3, -0.25) is 4.79 Å². The van der Waals surface area contributed by atoms with E-state index in [1.807, 2.05) is 42.6 Å². The van der Waals surface area contributed by atoms with Crippen molar-refractivity contribution in [2.75, 3.05) is 0 Å². The number of aromatic nitrogens is 1. The van der Waals surface area contributed by atoms with Crippen molar-refractivity contribution in [3.05, 3.63) is 105 Å². The van der Waals surface area contributed by atoms with Crippen molar-refractivity contribution in [2.24, 2.45) is 5.10 Å². The van der Waals surface area contributed by atoms with Gasteiger partial charge in [0.15, 0.2) is 5.76 Å². The summed E-state index contributed by atoms with van der Waals surface area (Å²) in [5.41, 5.74) is 5.98. The number of furan rings is 1. The Morgan fingerprint density at radius 1 is 1.09 bits per heavy atom. The molecular formula is C25H16Br2FN3O2. The number of carbonyl (C=O) groups excluding carboxylic acids is 1. The molecule has 8 heteroatoms. The molecule has 2 heterocycles. The molecule has 5 rings (SSSR count). The molecule has 164 valence electrons. The van der Waals surface area contributed by atoms with Crippen LogP contribution in [0.15, 0.2) is 91.4 Å². The topological polar surface area (TPSA) is 59.5 Å². The normalized spacial score (nSPS) is 11.6. The molecule has 0 radical (unpaired) electrons. The van der Waals surface area contributed by atoms with E-state index >= 15 is 0 Å². The molecule has 0 saturated carbocycles. The highest BCUT2D eigenvalue weighted by atomic mass is 79.9. The second-order valence-corrected chi connectivity index (χ2v) is 9.24. The Balaban J connectivity index is 1.37. The minimum absolute atomic E-state index is 0.166. The van der Waals surface area contributed by atoms with Gasteiger partial charge in [-0.15, -0.1) is 0 Å². The van der Waals surface area contributed by atoms with Crippen LogP contribution in [0.25, 0.3) is 21.9 Å². The van der Waals surface area contributed by atoms with Crippen molar-refractivity contribution >= 4 is 65.9 Å². The van der Waals surface area contributed by atoms with Crippen molar-refractivity contribution in [3.63, 3.8) is 0 Å². The zero-order valence-electron chi connectivity index (χ0n) is 17.1. The molecule has 33 heavy (non-hydrogen) atoms. The first kappa shape index (κ1) is 21.6. The molecule has 0 atom stereocenters. The van der Waals surface area contributed by atoms with Gasteiger partial charge in [0.1, 0.15) is 11.4 Å². The van der Waals surface area contributed by atoms with E-state index in [1.165, 1.54) is 12.1 Å². The summed E-state index contributed by atoms with van der Waals surface area (Å²) < 4.78 is 22.6. The van der Waals surface area contributed by atoms with Crippen LogP contribution in [0.5, 0.6) is 0 Å². The lowest BCUT2D eigenvalue weighted by atomic mass is 10.2. The molecule has 1 amide bonds. The quantitative estimate of drug-likeness (QED) is 0.186. The Bertz CT molecular complexity index is 1520. The summed E-state index contributed by atoms with van der Waals surface area (Å²) >= 11 is 6.87. The fraction of sp³-hybridized carbons (Fsp3) is 0.0400. The summed E-state index contributed by atoms with van der Waals surface area (Å²) in [5, 5.41) is 5.94. The van der Waals surface area contributed by atoms with E-state index in [9.17, 15) is 9.18 Å². The van der Waals surface area contributed by atoms with Crippen molar-refractivity contribution < 1.29 is 13.6 Å². The number of hydrazone groups is 1. The van der Waals surface area contributed by atoms with Crippen LogP contribution in [0.1, 0.15) is 21.7 Å². The molecule has 0 fully saturated rings. The maximum Gasteiger partial charge on any atom is 0.307 e. The van der Waals surface area contributed by atoms with Gasteiger partial charge in [0.05, 0.1) is 10.7 Å². The Morgan fingerprint density at radius 3 is 2.70 bits per heavy atom. The zero-order valence-corrected chi connectivity index (χ0v) is 20.2. The molecule has 3 aromatic carbocycles. The Labute approximate surface area is 205 Å². The number of rotatable bonds is 5. The van der Waals surface area contributed by atoms with Gasteiger partial charge in [0.2, 0.25) is 0 Å². The number of hydrogen-bond donors (Lipinski definition) is 1. The molecule has 5 nitrogen and oxygen atoms in total. The SMILES string of the molecule is O=C(N/N=C\c1cn(Cc2ccc(F)cc2)c2ccccc12)c1cc2cc(Br)cc(Br)c2o1.